The van der Waals surface area contributed by atoms with Gasteiger partial charge in [0.1, 0.15) is 0 Å². The molecule has 3 rings (SSSR count). The molecule has 3 heterocycles. The van der Waals surface area contributed by atoms with Gasteiger partial charge in [0.2, 0.25) is 5.91 Å². The van der Waals surface area contributed by atoms with E-state index in [-0.39, 0.29) is 5.91 Å². The van der Waals surface area contributed by atoms with Gasteiger partial charge >= 0.3 is 0 Å². The number of nitrogens with one attached hydrogen (secondary N) is 1. The highest BCUT2D eigenvalue weighted by atomic mass is 79.9. The Hall–Kier alpha value is -1.44. The Labute approximate surface area is 151 Å². The molecule has 0 aliphatic heterocycles. The molecular weight excluding hydrogens is 394 g/mol. The Kier molecular flexibility index (Phi) is 4.99. The van der Waals surface area contributed by atoms with Crippen molar-refractivity contribution in [2.45, 2.75) is 20.3 Å². The summed E-state index contributed by atoms with van der Waals surface area (Å²) in [6, 6.07) is 4.10. The summed E-state index contributed by atoms with van der Waals surface area (Å²) in [6.07, 6.45) is 6.30. The smallest absolute Gasteiger partial charge is 0.244 e. The van der Waals surface area contributed by atoms with Crippen molar-refractivity contribution in [3.63, 3.8) is 0 Å². The van der Waals surface area contributed by atoms with Crippen LogP contribution in [0.1, 0.15) is 21.1 Å². The third-order valence-electron chi connectivity index (χ3n) is 3.35. The average Bonchev–Trinajstić information content (AvgIpc) is 3.12. The van der Waals surface area contributed by atoms with Crippen LogP contribution in [0.3, 0.4) is 0 Å². The highest BCUT2D eigenvalue weighted by Crippen LogP contribution is 2.22. The van der Waals surface area contributed by atoms with Crippen molar-refractivity contribution >= 4 is 55.5 Å². The molecule has 0 saturated heterocycles. The monoisotopic (exact) mass is 409 g/mol. The van der Waals surface area contributed by atoms with Gasteiger partial charge in [-0.15, -0.1) is 22.7 Å². The summed E-state index contributed by atoms with van der Waals surface area (Å²) >= 11 is 6.78. The molecule has 0 bridgehead atoms. The second-order valence-corrected chi connectivity index (χ2v) is 8.92. The van der Waals surface area contributed by atoms with Crippen molar-refractivity contribution in [3.8, 4) is 0 Å². The first kappa shape index (κ1) is 16.4. The minimum Gasteiger partial charge on any atom is -0.352 e. The first-order chi connectivity index (χ1) is 11.0. The number of aryl methyl sites for hydroxylation is 2. The van der Waals surface area contributed by atoms with Crippen molar-refractivity contribution in [3.05, 3.63) is 49.3 Å². The molecule has 3 aromatic rings. The van der Waals surface area contributed by atoms with Crippen LogP contribution < -0.4 is 5.32 Å². The molecule has 1 amide bonds. The standard InChI is InChI=1S/C16H16BrN3OS2/c1-10-9-20-13(11(2)19-16(20)22-10)4-6-15(21)18-8-7-12-3-5-14(17)23-12/h3-6,9H,7-8H2,1-2H3,(H,18,21)/b6-4+. The number of thiophene rings is 1. The zero-order chi connectivity index (χ0) is 16.4. The molecule has 0 aliphatic rings. The van der Waals surface area contributed by atoms with Gasteiger partial charge in [0, 0.05) is 28.6 Å². The van der Waals surface area contributed by atoms with Crippen molar-refractivity contribution in [2.24, 2.45) is 0 Å². The molecule has 0 unspecified atom stereocenters. The van der Waals surface area contributed by atoms with Crippen molar-refractivity contribution in [1.29, 1.82) is 0 Å². The van der Waals surface area contributed by atoms with E-state index in [1.807, 2.05) is 29.7 Å². The van der Waals surface area contributed by atoms with Gasteiger partial charge in [-0.1, -0.05) is 0 Å². The molecule has 1 N–H and O–H groups in total. The van der Waals surface area contributed by atoms with Crippen molar-refractivity contribution in [1.82, 2.24) is 14.7 Å². The number of rotatable bonds is 5. The van der Waals surface area contributed by atoms with E-state index in [2.05, 4.69) is 39.2 Å². The minimum absolute atomic E-state index is 0.0816. The lowest BCUT2D eigenvalue weighted by atomic mass is 10.3. The molecule has 23 heavy (non-hydrogen) atoms. The van der Waals surface area contributed by atoms with E-state index in [1.165, 1.54) is 9.75 Å². The summed E-state index contributed by atoms with van der Waals surface area (Å²) in [6.45, 7) is 4.65. The predicted octanol–water partition coefficient (Wildman–Crippen LogP) is 4.21. The number of amides is 1. The number of nitrogens with zero attached hydrogens (tertiary/aromatic N) is 2. The summed E-state index contributed by atoms with van der Waals surface area (Å²) in [5, 5.41) is 2.91. The van der Waals surface area contributed by atoms with Crippen LogP contribution in [0, 0.1) is 13.8 Å². The Balaban J connectivity index is 1.60. The fourth-order valence-electron chi connectivity index (χ4n) is 2.29. The zero-order valence-electron chi connectivity index (χ0n) is 12.8. The summed E-state index contributed by atoms with van der Waals surface area (Å²) in [5.74, 6) is -0.0816. The number of fused-ring (bicyclic) bond motifs is 1. The lowest BCUT2D eigenvalue weighted by Crippen LogP contribution is -2.23. The molecule has 0 aromatic carbocycles. The lowest BCUT2D eigenvalue weighted by molar-refractivity contribution is -0.116. The predicted molar refractivity (Wildman–Crippen MR) is 100 cm³/mol. The van der Waals surface area contributed by atoms with Crippen LogP contribution in [0.15, 0.2) is 28.2 Å². The van der Waals surface area contributed by atoms with E-state index in [0.717, 1.165) is 26.6 Å². The quantitative estimate of drug-likeness (QED) is 0.641. The van der Waals surface area contributed by atoms with Gasteiger partial charge in [0.05, 0.1) is 15.2 Å². The second kappa shape index (κ2) is 6.98. The van der Waals surface area contributed by atoms with E-state index in [4.69, 9.17) is 0 Å². The number of thiazole rings is 1. The third-order valence-corrected chi connectivity index (χ3v) is 5.94. The number of aromatic nitrogens is 2. The molecule has 4 nitrogen and oxygen atoms in total. The van der Waals surface area contributed by atoms with E-state index >= 15 is 0 Å². The molecule has 0 aliphatic carbocycles. The average molecular weight is 410 g/mol. The maximum Gasteiger partial charge on any atom is 0.244 e. The van der Waals surface area contributed by atoms with Crippen LogP contribution in [0.4, 0.5) is 0 Å². The number of hydrogen-bond acceptors (Lipinski definition) is 4. The summed E-state index contributed by atoms with van der Waals surface area (Å²) < 4.78 is 3.15. The van der Waals surface area contributed by atoms with Crippen LogP contribution in [0.25, 0.3) is 11.0 Å². The molecule has 3 aromatic heterocycles. The Bertz CT molecular complexity index is 875. The molecule has 0 saturated carbocycles. The number of hydrogen-bond donors (Lipinski definition) is 1. The van der Waals surface area contributed by atoms with Crippen LogP contribution in [0.2, 0.25) is 0 Å². The summed E-state index contributed by atoms with van der Waals surface area (Å²) in [4.78, 5) is 19.9. The third kappa shape index (κ3) is 3.91. The fraction of sp³-hybridized carbons (Fsp3) is 0.250. The van der Waals surface area contributed by atoms with Crippen LogP contribution in [-0.4, -0.2) is 21.8 Å². The Morgan fingerprint density at radius 1 is 1.39 bits per heavy atom. The van der Waals surface area contributed by atoms with E-state index in [1.54, 1.807) is 28.7 Å². The molecular formula is C16H16BrN3OS2. The molecule has 0 atom stereocenters. The van der Waals surface area contributed by atoms with Gasteiger partial charge in [-0.3, -0.25) is 9.20 Å². The molecule has 0 spiro atoms. The summed E-state index contributed by atoms with van der Waals surface area (Å²) in [7, 11) is 0. The number of imidazole rings is 1. The topological polar surface area (TPSA) is 46.4 Å². The normalized spacial score (nSPS) is 11.6. The minimum atomic E-state index is -0.0816. The van der Waals surface area contributed by atoms with Gasteiger partial charge in [0.25, 0.3) is 0 Å². The highest BCUT2D eigenvalue weighted by Gasteiger charge is 2.08. The van der Waals surface area contributed by atoms with Gasteiger partial charge in [-0.25, -0.2) is 4.98 Å². The van der Waals surface area contributed by atoms with Gasteiger partial charge < -0.3 is 5.32 Å². The zero-order valence-corrected chi connectivity index (χ0v) is 16.0. The van der Waals surface area contributed by atoms with Gasteiger partial charge in [-0.2, -0.15) is 0 Å². The lowest BCUT2D eigenvalue weighted by Gasteiger charge is -2.00. The highest BCUT2D eigenvalue weighted by molar-refractivity contribution is 9.11. The maximum absolute atomic E-state index is 12.0. The van der Waals surface area contributed by atoms with Crippen LogP contribution in [0.5, 0.6) is 0 Å². The molecule has 7 heteroatoms. The van der Waals surface area contributed by atoms with Gasteiger partial charge in [0.15, 0.2) is 4.96 Å². The number of carbonyl (C=O) groups excluding carboxylic acids is 1. The van der Waals surface area contributed by atoms with Crippen LogP contribution >= 0.6 is 38.6 Å². The van der Waals surface area contributed by atoms with Crippen LogP contribution in [-0.2, 0) is 11.2 Å². The first-order valence-electron chi connectivity index (χ1n) is 7.18. The van der Waals surface area contributed by atoms with E-state index in [0.29, 0.717) is 6.54 Å². The van der Waals surface area contributed by atoms with Crippen molar-refractivity contribution < 1.29 is 4.79 Å². The Morgan fingerprint density at radius 2 is 2.22 bits per heavy atom. The fourth-order valence-corrected chi connectivity index (χ4v) is 4.65. The SMILES string of the molecule is Cc1cn2c(/C=C/C(=O)NCCc3ccc(Br)s3)c(C)nc2s1. The van der Waals surface area contributed by atoms with E-state index < -0.39 is 0 Å². The largest absolute Gasteiger partial charge is 0.352 e. The number of carbonyl (C=O) groups is 1. The van der Waals surface area contributed by atoms with E-state index in [9.17, 15) is 4.79 Å². The molecule has 0 radical (unpaired) electrons. The Morgan fingerprint density at radius 3 is 2.96 bits per heavy atom. The number of halogens is 1. The summed E-state index contributed by atoms with van der Waals surface area (Å²) in [5.41, 5.74) is 1.89. The second-order valence-electron chi connectivity index (χ2n) is 5.16. The van der Waals surface area contributed by atoms with Gasteiger partial charge in [-0.05, 0) is 54.4 Å². The van der Waals surface area contributed by atoms with Crippen molar-refractivity contribution in [2.75, 3.05) is 6.54 Å². The maximum atomic E-state index is 12.0. The molecule has 0 fully saturated rings. The molecule has 120 valence electrons. The first-order valence-corrected chi connectivity index (χ1v) is 9.61.